The molecule has 0 heterocycles. The molecule has 4 nitrogen and oxygen atoms in total. The van der Waals surface area contributed by atoms with Crippen LogP contribution in [0.5, 0.6) is 5.75 Å². The molecule has 0 N–H and O–H groups in total. The van der Waals surface area contributed by atoms with Crippen LogP contribution in [0.25, 0.3) is 0 Å². The van der Waals surface area contributed by atoms with Crippen molar-refractivity contribution in [1.82, 2.24) is 0 Å². The maximum absolute atomic E-state index is 11.5. The van der Waals surface area contributed by atoms with Gasteiger partial charge < -0.3 is 9.47 Å². The first-order valence-electron chi connectivity index (χ1n) is 5.87. The number of ether oxygens (including phenoxy) is 2. The second-order valence-corrected chi connectivity index (χ2v) is 5.57. The molecule has 0 amide bonds. The minimum absolute atomic E-state index is 0.0606. The Labute approximate surface area is 131 Å². The zero-order valence-electron chi connectivity index (χ0n) is 10.5. The molecule has 0 saturated carbocycles. The number of carbonyl (C=O) groups excluding carboxylic acids is 2. The highest BCUT2D eigenvalue weighted by molar-refractivity contribution is 6.44. The molecule has 0 aliphatic carbocycles. The standard InChI is InChI=1S/C13H13Cl3O4/c14-9-3-1-4-10(7-9)20-13(18)6-2-5-12(17)19-8-11(15)16/h1,3-4,7,11H,2,5-6,8H2. The average molecular weight is 340 g/mol. The van der Waals surface area contributed by atoms with E-state index in [1.807, 2.05) is 0 Å². The minimum Gasteiger partial charge on any atom is -0.463 e. The fourth-order valence-electron chi connectivity index (χ4n) is 1.32. The second kappa shape index (κ2) is 9.06. The number of carbonyl (C=O) groups is 2. The van der Waals surface area contributed by atoms with Gasteiger partial charge in [0.25, 0.3) is 0 Å². The Balaban J connectivity index is 2.22. The van der Waals surface area contributed by atoms with Gasteiger partial charge in [-0.3, -0.25) is 9.59 Å². The van der Waals surface area contributed by atoms with Gasteiger partial charge in [-0.15, -0.1) is 23.2 Å². The van der Waals surface area contributed by atoms with Gasteiger partial charge >= 0.3 is 11.9 Å². The summed E-state index contributed by atoms with van der Waals surface area (Å²) >= 11 is 16.6. The molecule has 0 radical (unpaired) electrons. The maximum Gasteiger partial charge on any atom is 0.311 e. The third kappa shape index (κ3) is 7.58. The summed E-state index contributed by atoms with van der Waals surface area (Å²) in [5.41, 5.74) is 0. The molecule has 0 spiro atoms. The minimum atomic E-state index is -0.744. The molecular weight excluding hydrogens is 326 g/mol. The molecule has 1 rings (SSSR count). The first kappa shape index (κ1) is 17.1. The largest absolute Gasteiger partial charge is 0.463 e. The van der Waals surface area contributed by atoms with Crippen LogP contribution >= 0.6 is 34.8 Å². The third-order valence-electron chi connectivity index (χ3n) is 2.16. The van der Waals surface area contributed by atoms with Crippen molar-refractivity contribution in [2.45, 2.75) is 24.1 Å². The fraction of sp³-hybridized carbons (Fsp3) is 0.385. The van der Waals surface area contributed by atoms with Gasteiger partial charge in [-0.2, -0.15) is 0 Å². The summed E-state index contributed by atoms with van der Waals surface area (Å²) in [4.78, 5) is 22.0. The molecule has 0 aliphatic heterocycles. The summed E-state index contributed by atoms with van der Waals surface area (Å²) < 4.78 is 9.80. The monoisotopic (exact) mass is 338 g/mol. The van der Waals surface area contributed by atoms with Crippen molar-refractivity contribution in [3.63, 3.8) is 0 Å². The van der Waals surface area contributed by atoms with Crippen LogP contribution < -0.4 is 4.74 Å². The van der Waals surface area contributed by atoms with Crippen LogP contribution in [0.4, 0.5) is 0 Å². The Morgan fingerprint density at radius 3 is 2.50 bits per heavy atom. The Bertz CT molecular complexity index is 463. The van der Waals surface area contributed by atoms with Gasteiger partial charge in [0, 0.05) is 17.9 Å². The highest BCUT2D eigenvalue weighted by Crippen LogP contribution is 2.17. The van der Waals surface area contributed by atoms with Crippen LogP contribution in [-0.2, 0) is 14.3 Å². The molecule has 0 atom stereocenters. The van der Waals surface area contributed by atoms with Crippen molar-refractivity contribution in [2.24, 2.45) is 0 Å². The average Bonchev–Trinajstić information content (AvgIpc) is 2.36. The van der Waals surface area contributed by atoms with Crippen LogP contribution in [0.1, 0.15) is 19.3 Å². The Morgan fingerprint density at radius 1 is 1.15 bits per heavy atom. The molecule has 0 saturated heterocycles. The number of hydrogen-bond acceptors (Lipinski definition) is 4. The Kier molecular flexibility index (Phi) is 7.73. The SMILES string of the molecule is O=C(CCCC(=O)Oc1cccc(Cl)c1)OCC(Cl)Cl. The van der Waals surface area contributed by atoms with E-state index in [0.29, 0.717) is 17.2 Å². The van der Waals surface area contributed by atoms with Crippen molar-refractivity contribution < 1.29 is 19.1 Å². The molecule has 1 aromatic carbocycles. The lowest BCUT2D eigenvalue weighted by Crippen LogP contribution is -2.12. The predicted molar refractivity (Wildman–Crippen MR) is 77.4 cm³/mol. The summed E-state index contributed by atoms with van der Waals surface area (Å²) in [6.07, 6.45) is 0.533. The first-order chi connectivity index (χ1) is 9.47. The molecular formula is C13H13Cl3O4. The van der Waals surface area contributed by atoms with Gasteiger partial charge in [-0.05, 0) is 24.6 Å². The highest BCUT2D eigenvalue weighted by atomic mass is 35.5. The van der Waals surface area contributed by atoms with Gasteiger partial charge in [-0.1, -0.05) is 17.7 Å². The maximum atomic E-state index is 11.5. The van der Waals surface area contributed by atoms with Crippen molar-refractivity contribution in [1.29, 1.82) is 0 Å². The lowest BCUT2D eigenvalue weighted by Gasteiger charge is -2.06. The van der Waals surface area contributed by atoms with E-state index in [1.165, 1.54) is 6.07 Å². The van der Waals surface area contributed by atoms with Gasteiger partial charge in [0.2, 0.25) is 0 Å². The van der Waals surface area contributed by atoms with Gasteiger partial charge in [0.05, 0.1) is 0 Å². The molecule has 0 unspecified atom stereocenters. The normalized spacial score (nSPS) is 10.4. The van der Waals surface area contributed by atoms with Crippen molar-refractivity contribution in [3.05, 3.63) is 29.3 Å². The molecule has 0 fully saturated rings. The molecule has 0 bridgehead atoms. The number of halogens is 3. The van der Waals surface area contributed by atoms with Crippen molar-refractivity contribution >= 4 is 46.7 Å². The van der Waals surface area contributed by atoms with E-state index in [9.17, 15) is 9.59 Å². The van der Waals surface area contributed by atoms with Crippen molar-refractivity contribution in [2.75, 3.05) is 6.61 Å². The second-order valence-electron chi connectivity index (χ2n) is 3.86. The smallest absolute Gasteiger partial charge is 0.311 e. The summed E-state index contributed by atoms with van der Waals surface area (Å²) in [6, 6.07) is 6.51. The molecule has 110 valence electrons. The summed E-state index contributed by atoms with van der Waals surface area (Å²) in [7, 11) is 0. The topological polar surface area (TPSA) is 52.6 Å². The summed E-state index contributed by atoms with van der Waals surface area (Å²) in [5, 5.41) is 0.482. The number of esters is 2. The number of alkyl halides is 2. The number of hydrogen-bond donors (Lipinski definition) is 0. The Hall–Kier alpha value is -0.970. The van der Waals surface area contributed by atoms with Gasteiger partial charge in [-0.25, -0.2) is 0 Å². The lowest BCUT2D eigenvalue weighted by molar-refractivity contribution is -0.143. The number of rotatable bonds is 7. The zero-order chi connectivity index (χ0) is 15.0. The van der Waals surface area contributed by atoms with Crippen molar-refractivity contribution in [3.8, 4) is 5.75 Å². The molecule has 20 heavy (non-hydrogen) atoms. The van der Waals surface area contributed by atoms with Crippen LogP contribution in [0.3, 0.4) is 0 Å². The quantitative estimate of drug-likeness (QED) is 0.431. The van der Waals surface area contributed by atoms with Gasteiger partial charge in [0.1, 0.15) is 17.2 Å². The third-order valence-corrected chi connectivity index (χ3v) is 2.65. The van der Waals surface area contributed by atoms with E-state index in [-0.39, 0.29) is 19.4 Å². The molecule has 7 heteroatoms. The van der Waals surface area contributed by atoms with E-state index in [2.05, 4.69) is 0 Å². The lowest BCUT2D eigenvalue weighted by atomic mass is 10.2. The summed E-state index contributed by atoms with van der Waals surface area (Å²) in [5.74, 6) is -0.517. The molecule has 1 aromatic rings. The molecule has 0 aromatic heterocycles. The summed E-state index contributed by atoms with van der Waals surface area (Å²) in [6.45, 7) is -0.0606. The van der Waals surface area contributed by atoms with Crippen LogP contribution in [-0.4, -0.2) is 23.4 Å². The van der Waals surface area contributed by atoms with E-state index in [1.54, 1.807) is 18.2 Å². The number of benzene rings is 1. The predicted octanol–water partition coefficient (Wildman–Crippen LogP) is 3.76. The Morgan fingerprint density at radius 2 is 1.85 bits per heavy atom. The van der Waals surface area contributed by atoms with Gasteiger partial charge in [0.15, 0.2) is 0 Å². The van der Waals surface area contributed by atoms with Crippen LogP contribution in [0, 0.1) is 0 Å². The van der Waals surface area contributed by atoms with E-state index >= 15 is 0 Å². The van der Waals surface area contributed by atoms with E-state index in [4.69, 9.17) is 44.3 Å². The zero-order valence-corrected chi connectivity index (χ0v) is 12.7. The van der Waals surface area contributed by atoms with E-state index < -0.39 is 16.8 Å². The molecule has 0 aliphatic rings. The highest BCUT2D eigenvalue weighted by Gasteiger charge is 2.09. The van der Waals surface area contributed by atoms with Crippen LogP contribution in [0.2, 0.25) is 5.02 Å². The first-order valence-corrected chi connectivity index (χ1v) is 7.12. The van der Waals surface area contributed by atoms with Crippen LogP contribution in [0.15, 0.2) is 24.3 Å². The fourth-order valence-corrected chi connectivity index (χ4v) is 1.62. The van der Waals surface area contributed by atoms with E-state index in [0.717, 1.165) is 0 Å².